The van der Waals surface area contributed by atoms with Crippen LogP contribution in [0.15, 0.2) is 35.2 Å². The van der Waals surface area contributed by atoms with E-state index in [1.807, 2.05) is 18.1 Å². The smallest absolute Gasteiger partial charge is 0.261 e. The van der Waals surface area contributed by atoms with Gasteiger partial charge in [-0.05, 0) is 25.0 Å². The number of likely N-dealkylation sites (tertiary alicyclic amines) is 1. The van der Waals surface area contributed by atoms with Crippen LogP contribution in [0.1, 0.15) is 47.9 Å². The van der Waals surface area contributed by atoms with E-state index in [1.54, 1.807) is 29.2 Å². The summed E-state index contributed by atoms with van der Waals surface area (Å²) in [5.41, 5.74) is 1.19. The highest BCUT2D eigenvalue weighted by atomic mass is 16.5. The number of pyridine rings is 1. The number of methoxy groups -OCH3 is 1. The van der Waals surface area contributed by atoms with Gasteiger partial charge in [-0.3, -0.25) is 9.48 Å². The first-order valence-electron chi connectivity index (χ1n) is 9.30. The summed E-state index contributed by atoms with van der Waals surface area (Å²) < 4.78 is 12.4. The van der Waals surface area contributed by atoms with Gasteiger partial charge in [-0.1, -0.05) is 18.0 Å². The van der Waals surface area contributed by atoms with Gasteiger partial charge in [0.2, 0.25) is 5.88 Å². The second-order valence-electron chi connectivity index (χ2n) is 6.78. The zero-order chi connectivity index (χ0) is 19.5. The van der Waals surface area contributed by atoms with Crippen LogP contribution in [-0.2, 0) is 7.05 Å². The third-order valence-corrected chi connectivity index (χ3v) is 4.90. The van der Waals surface area contributed by atoms with E-state index in [0.717, 1.165) is 31.2 Å². The number of aryl methyl sites for hydroxylation is 1. The molecule has 0 bridgehead atoms. The number of hydrogen-bond donors (Lipinski definition) is 0. The van der Waals surface area contributed by atoms with Gasteiger partial charge in [0.1, 0.15) is 5.56 Å². The van der Waals surface area contributed by atoms with E-state index >= 15 is 0 Å². The fraction of sp³-hybridized carbons (Fsp3) is 0.421. The van der Waals surface area contributed by atoms with Crippen molar-refractivity contribution in [1.82, 2.24) is 29.8 Å². The number of aromatic nitrogens is 5. The molecule has 1 amide bonds. The van der Waals surface area contributed by atoms with E-state index in [0.29, 0.717) is 29.7 Å². The van der Waals surface area contributed by atoms with Gasteiger partial charge in [-0.25, -0.2) is 4.98 Å². The first-order valence-corrected chi connectivity index (χ1v) is 9.30. The van der Waals surface area contributed by atoms with Gasteiger partial charge in [0.15, 0.2) is 5.82 Å². The molecule has 4 heterocycles. The van der Waals surface area contributed by atoms with Crippen LogP contribution in [0.4, 0.5) is 0 Å². The van der Waals surface area contributed by atoms with Crippen LogP contribution in [-0.4, -0.2) is 49.4 Å². The molecule has 1 saturated heterocycles. The molecule has 0 aliphatic carbocycles. The summed E-state index contributed by atoms with van der Waals surface area (Å²) in [6.07, 6.45) is 8.85. The molecule has 0 spiro atoms. The molecule has 9 nitrogen and oxygen atoms in total. The summed E-state index contributed by atoms with van der Waals surface area (Å²) in [5, 5.41) is 8.31. The van der Waals surface area contributed by atoms with Gasteiger partial charge >= 0.3 is 0 Å². The molecule has 4 rings (SSSR count). The minimum Gasteiger partial charge on any atom is -0.480 e. The third-order valence-electron chi connectivity index (χ3n) is 4.90. The van der Waals surface area contributed by atoms with Crippen molar-refractivity contribution >= 4 is 5.91 Å². The van der Waals surface area contributed by atoms with Crippen molar-refractivity contribution in [3.05, 3.63) is 42.1 Å². The van der Waals surface area contributed by atoms with Gasteiger partial charge in [0.05, 0.1) is 24.9 Å². The summed E-state index contributed by atoms with van der Waals surface area (Å²) >= 11 is 0. The van der Waals surface area contributed by atoms with Crippen LogP contribution >= 0.6 is 0 Å². The monoisotopic (exact) mass is 382 g/mol. The topological polar surface area (TPSA) is 99.2 Å². The van der Waals surface area contributed by atoms with Gasteiger partial charge in [-0.15, -0.1) is 0 Å². The molecule has 0 radical (unpaired) electrons. The molecule has 1 atom stereocenters. The maximum Gasteiger partial charge on any atom is 0.261 e. The third kappa shape index (κ3) is 3.47. The summed E-state index contributed by atoms with van der Waals surface area (Å²) in [7, 11) is 3.34. The second-order valence-corrected chi connectivity index (χ2v) is 6.78. The molecule has 0 saturated carbocycles. The summed E-state index contributed by atoms with van der Waals surface area (Å²) in [5.74, 6) is 1.10. The quantitative estimate of drug-likeness (QED) is 0.684. The van der Waals surface area contributed by atoms with Crippen molar-refractivity contribution in [2.75, 3.05) is 13.7 Å². The van der Waals surface area contributed by atoms with Crippen LogP contribution in [0.25, 0.3) is 11.5 Å². The van der Waals surface area contributed by atoms with Crippen LogP contribution in [0.5, 0.6) is 5.88 Å². The van der Waals surface area contributed by atoms with Crippen LogP contribution in [0.3, 0.4) is 0 Å². The zero-order valence-electron chi connectivity index (χ0n) is 15.9. The summed E-state index contributed by atoms with van der Waals surface area (Å²) in [6.45, 7) is 0.623. The first-order chi connectivity index (χ1) is 13.7. The molecule has 3 aromatic rings. The Balaban J connectivity index is 1.66. The Morgan fingerprint density at radius 2 is 2.21 bits per heavy atom. The Kier molecular flexibility index (Phi) is 5.05. The lowest BCUT2D eigenvalue weighted by molar-refractivity contribution is 0.0666. The first kappa shape index (κ1) is 18.1. The van der Waals surface area contributed by atoms with Crippen molar-refractivity contribution in [2.24, 2.45) is 7.05 Å². The van der Waals surface area contributed by atoms with Crippen molar-refractivity contribution in [3.63, 3.8) is 0 Å². The van der Waals surface area contributed by atoms with E-state index in [4.69, 9.17) is 9.26 Å². The largest absolute Gasteiger partial charge is 0.480 e. The average Bonchev–Trinajstić information content (AvgIpc) is 3.30. The molecule has 1 aliphatic rings. The van der Waals surface area contributed by atoms with Crippen LogP contribution < -0.4 is 4.74 Å². The lowest BCUT2D eigenvalue weighted by atomic mass is 10.1. The minimum atomic E-state index is -0.255. The molecule has 3 aromatic heterocycles. The molecule has 1 aliphatic heterocycles. The van der Waals surface area contributed by atoms with E-state index < -0.39 is 0 Å². The SMILES string of the molecule is COc1ncccc1C(=O)N1CCCCC[C@@H]1c1noc(-c2cnn(C)c2)n1. The number of carbonyl (C=O) groups excluding carboxylic acids is 1. The predicted octanol–water partition coefficient (Wildman–Crippen LogP) is 2.63. The number of carbonyl (C=O) groups is 1. The molecule has 9 heteroatoms. The Morgan fingerprint density at radius 1 is 1.32 bits per heavy atom. The van der Waals surface area contributed by atoms with E-state index in [-0.39, 0.29) is 11.9 Å². The lowest BCUT2D eigenvalue weighted by Crippen LogP contribution is -2.35. The van der Waals surface area contributed by atoms with Crippen molar-refractivity contribution in [3.8, 4) is 17.3 Å². The molecular formula is C19H22N6O3. The maximum absolute atomic E-state index is 13.3. The maximum atomic E-state index is 13.3. The van der Waals surface area contributed by atoms with Gasteiger partial charge in [0.25, 0.3) is 11.8 Å². The molecule has 0 aromatic carbocycles. The van der Waals surface area contributed by atoms with Crippen molar-refractivity contribution in [1.29, 1.82) is 0 Å². The number of hydrogen-bond acceptors (Lipinski definition) is 7. The Morgan fingerprint density at radius 3 is 3.00 bits per heavy atom. The lowest BCUT2D eigenvalue weighted by Gasteiger charge is -2.28. The summed E-state index contributed by atoms with van der Waals surface area (Å²) in [4.78, 5) is 23.8. The number of nitrogens with zero attached hydrogens (tertiary/aromatic N) is 6. The van der Waals surface area contributed by atoms with Crippen molar-refractivity contribution in [2.45, 2.75) is 31.7 Å². The van der Waals surface area contributed by atoms with E-state index in [1.165, 1.54) is 7.11 Å². The van der Waals surface area contributed by atoms with Gasteiger partial charge < -0.3 is 14.2 Å². The standard InChI is InChI=1S/C19H22N6O3/c1-24-12-13(11-21-24)17-22-16(23-28-17)15-8-4-3-5-10-25(15)19(26)14-7-6-9-20-18(14)27-2/h6-7,9,11-12,15H,3-5,8,10H2,1-2H3/t15-/m1/s1. The highest BCUT2D eigenvalue weighted by molar-refractivity contribution is 5.96. The minimum absolute atomic E-state index is 0.135. The van der Waals surface area contributed by atoms with E-state index in [2.05, 4.69) is 20.2 Å². The molecule has 1 fully saturated rings. The number of ether oxygens (including phenoxy) is 1. The second kappa shape index (κ2) is 7.79. The Labute approximate surface area is 162 Å². The number of rotatable bonds is 4. The highest BCUT2D eigenvalue weighted by Gasteiger charge is 2.32. The predicted molar refractivity (Wildman–Crippen MR) is 99.5 cm³/mol. The normalized spacial score (nSPS) is 17.4. The number of amides is 1. The van der Waals surface area contributed by atoms with Crippen molar-refractivity contribution < 1.29 is 14.1 Å². The average molecular weight is 382 g/mol. The molecule has 28 heavy (non-hydrogen) atoms. The molecule has 146 valence electrons. The van der Waals surface area contributed by atoms with Crippen LogP contribution in [0.2, 0.25) is 0 Å². The van der Waals surface area contributed by atoms with Gasteiger partial charge in [-0.2, -0.15) is 10.1 Å². The Bertz CT molecular complexity index is 966. The molecule has 0 N–H and O–H groups in total. The summed E-state index contributed by atoms with van der Waals surface area (Å²) in [6, 6.07) is 3.21. The van der Waals surface area contributed by atoms with E-state index in [9.17, 15) is 4.79 Å². The zero-order valence-corrected chi connectivity index (χ0v) is 15.9. The molecule has 0 unspecified atom stereocenters. The van der Waals surface area contributed by atoms with Gasteiger partial charge in [0, 0.05) is 26.0 Å². The molecular weight excluding hydrogens is 360 g/mol. The van der Waals surface area contributed by atoms with Crippen LogP contribution in [0, 0.1) is 0 Å². The fourth-order valence-electron chi connectivity index (χ4n) is 3.51. The Hall–Kier alpha value is -3.23. The highest BCUT2D eigenvalue weighted by Crippen LogP contribution is 2.32. The fourth-order valence-corrected chi connectivity index (χ4v) is 3.51.